The smallest absolute Gasteiger partial charge is 0.115 e. The second kappa shape index (κ2) is 10.6. The van der Waals surface area contributed by atoms with E-state index in [9.17, 15) is 0 Å². The number of rotatable bonds is 3. The van der Waals surface area contributed by atoms with Crippen LogP contribution < -0.4 is 10.4 Å². The maximum Gasteiger partial charge on any atom is 0.115 e. The Bertz CT molecular complexity index is 2560. The number of hydrogen-bond acceptors (Lipinski definition) is 3. The van der Waals surface area contributed by atoms with Crippen LogP contribution in [-0.2, 0) is 11.2 Å². The molecule has 4 aliphatic carbocycles. The third-order valence-corrected chi connectivity index (χ3v) is 14.0. The van der Waals surface area contributed by atoms with Crippen LogP contribution in [0.3, 0.4) is 0 Å². The number of aromatic nitrogens is 1. The third-order valence-electron chi connectivity index (χ3n) is 11.3. The van der Waals surface area contributed by atoms with E-state index in [-0.39, 0.29) is 0 Å². The first-order valence-corrected chi connectivity index (χ1v) is 19.3. The standard InChI is InChI=1S/C44H35NOS2/c1-2-10-26(11-3-1)40-25-36-35-24-27(28-14-8-15-32-29-12-4-6-18-38(29)46-42(28)32)20-21-31(35)41-34(43(36)48-40)22-23-45(41)37-17-9-16-33-30-13-5-7-19-39(30)47-44(33)37/h2,4-5,7-14,16-17,19,21-24,27,32,40H,1,3,6,15,18,20,25H2. The van der Waals surface area contributed by atoms with Crippen LogP contribution in [0.1, 0.15) is 44.1 Å². The molecule has 0 fully saturated rings. The average molecular weight is 658 g/mol. The molecule has 4 heterocycles. The molecule has 4 heteroatoms. The summed E-state index contributed by atoms with van der Waals surface area (Å²) in [5, 5.41) is 7.43. The van der Waals surface area contributed by atoms with Crippen LogP contribution in [0.2, 0.25) is 0 Å². The maximum atomic E-state index is 6.71. The van der Waals surface area contributed by atoms with Crippen molar-refractivity contribution in [3.05, 3.63) is 141 Å². The Labute approximate surface area is 288 Å². The minimum absolute atomic E-state index is 0.311. The summed E-state index contributed by atoms with van der Waals surface area (Å²) in [6, 6.07) is 18.1. The van der Waals surface area contributed by atoms with E-state index in [2.05, 4.69) is 126 Å². The highest BCUT2D eigenvalue weighted by Gasteiger charge is 2.37. The molecule has 0 radical (unpaired) electrons. The molecule has 2 aromatic heterocycles. The second-order valence-electron chi connectivity index (χ2n) is 14.0. The summed E-state index contributed by atoms with van der Waals surface area (Å²) < 4.78 is 11.9. The van der Waals surface area contributed by atoms with Crippen LogP contribution in [0.25, 0.3) is 48.9 Å². The lowest BCUT2D eigenvalue weighted by molar-refractivity contribution is 0.284. The fraction of sp³-hybridized carbons (Fsp3) is 0.227. The molecule has 2 nitrogen and oxygen atoms in total. The van der Waals surface area contributed by atoms with Gasteiger partial charge >= 0.3 is 0 Å². The number of hydrogen-bond donors (Lipinski definition) is 0. The largest absolute Gasteiger partial charge is 0.465 e. The normalized spacial score (nSPS) is 24.0. The van der Waals surface area contributed by atoms with Gasteiger partial charge < -0.3 is 9.30 Å². The van der Waals surface area contributed by atoms with E-state index in [0.717, 1.165) is 44.9 Å². The topological polar surface area (TPSA) is 14.2 Å². The van der Waals surface area contributed by atoms with E-state index in [1.165, 1.54) is 80.3 Å². The molecule has 0 bridgehead atoms. The van der Waals surface area contributed by atoms with E-state index in [1.807, 2.05) is 11.3 Å². The predicted octanol–water partition coefficient (Wildman–Crippen LogP) is 10.3. The lowest BCUT2D eigenvalue weighted by atomic mass is 9.80. The highest BCUT2D eigenvalue weighted by atomic mass is 32.2. The fourth-order valence-corrected chi connectivity index (χ4v) is 11.8. The molecule has 48 heavy (non-hydrogen) atoms. The Hall–Kier alpha value is -4.25. The summed E-state index contributed by atoms with van der Waals surface area (Å²) in [5.74, 6) is 3.12. The molecular formula is C44H35NOS2. The first-order chi connectivity index (χ1) is 23.8. The van der Waals surface area contributed by atoms with Gasteiger partial charge in [-0.3, -0.25) is 0 Å². The van der Waals surface area contributed by atoms with E-state index in [0.29, 0.717) is 17.1 Å². The highest BCUT2D eigenvalue weighted by molar-refractivity contribution is 8.00. The Kier molecular flexibility index (Phi) is 6.13. The molecule has 0 spiro atoms. The summed E-state index contributed by atoms with van der Waals surface area (Å²) in [6.07, 6.45) is 31.8. The van der Waals surface area contributed by atoms with Crippen molar-refractivity contribution in [1.29, 1.82) is 0 Å². The molecule has 0 amide bonds. The molecule has 0 N–H and O–H groups in total. The summed E-state index contributed by atoms with van der Waals surface area (Å²) in [5.41, 5.74) is 8.49. The van der Waals surface area contributed by atoms with Crippen molar-refractivity contribution in [3.63, 3.8) is 0 Å². The summed E-state index contributed by atoms with van der Waals surface area (Å²) in [7, 11) is 0. The zero-order chi connectivity index (χ0) is 31.3. The van der Waals surface area contributed by atoms with Crippen LogP contribution in [-0.4, -0.2) is 9.82 Å². The van der Waals surface area contributed by atoms with E-state index in [1.54, 1.807) is 5.56 Å². The van der Waals surface area contributed by atoms with Crippen LogP contribution in [0.15, 0.2) is 130 Å². The van der Waals surface area contributed by atoms with Crippen LogP contribution >= 0.6 is 23.1 Å². The SMILES string of the molecule is C1=CC(C2Cc3c(c4ccn(-c5cccc6c5sc5ccccc56)c4c4c3=CC(C3=C5OC6=C(C=CCC6)C5CC=C3)CC=4)S2)=CCC1. The van der Waals surface area contributed by atoms with Crippen molar-refractivity contribution in [3.8, 4) is 5.69 Å². The van der Waals surface area contributed by atoms with Crippen molar-refractivity contribution < 1.29 is 4.74 Å². The number of fused-ring (bicyclic) bond motifs is 11. The van der Waals surface area contributed by atoms with Crippen LogP contribution in [0, 0.1) is 11.8 Å². The third kappa shape index (κ3) is 3.99. The summed E-state index contributed by atoms with van der Waals surface area (Å²) >= 11 is 4.02. The maximum absolute atomic E-state index is 6.71. The molecule has 6 aliphatic rings. The van der Waals surface area contributed by atoms with E-state index in [4.69, 9.17) is 4.74 Å². The van der Waals surface area contributed by atoms with Gasteiger partial charge in [-0.15, -0.1) is 23.1 Å². The molecule has 3 unspecified atom stereocenters. The zero-order valence-electron chi connectivity index (χ0n) is 26.7. The number of ether oxygens (including phenoxy) is 1. The molecule has 234 valence electrons. The van der Waals surface area contributed by atoms with E-state index >= 15 is 0 Å². The minimum Gasteiger partial charge on any atom is -0.465 e. The zero-order valence-corrected chi connectivity index (χ0v) is 28.4. The van der Waals surface area contributed by atoms with Crippen molar-refractivity contribution in [1.82, 2.24) is 4.57 Å². The van der Waals surface area contributed by atoms with Gasteiger partial charge in [0.15, 0.2) is 0 Å². The predicted molar refractivity (Wildman–Crippen MR) is 203 cm³/mol. The monoisotopic (exact) mass is 657 g/mol. The quantitative estimate of drug-likeness (QED) is 0.192. The highest BCUT2D eigenvalue weighted by Crippen LogP contribution is 2.48. The Morgan fingerprint density at radius 2 is 1.69 bits per heavy atom. The first-order valence-electron chi connectivity index (χ1n) is 17.6. The van der Waals surface area contributed by atoms with Crippen molar-refractivity contribution in [2.24, 2.45) is 11.8 Å². The summed E-state index contributed by atoms with van der Waals surface area (Å²) in [4.78, 5) is 1.48. The van der Waals surface area contributed by atoms with Crippen molar-refractivity contribution >= 4 is 66.3 Å². The summed E-state index contributed by atoms with van der Waals surface area (Å²) in [6.45, 7) is 0. The van der Waals surface area contributed by atoms with Gasteiger partial charge in [0.05, 0.1) is 15.9 Å². The Morgan fingerprint density at radius 1 is 0.771 bits per heavy atom. The van der Waals surface area contributed by atoms with Gasteiger partial charge in [0.25, 0.3) is 0 Å². The van der Waals surface area contributed by atoms with Gasteiger partial charge in [0.1, 0.15) is 11.5 Å². The molecular weight excluding hydrogens is 623 g/mol. The fourth-order valence-electron chi connectivity index (χ4n) is 9.12. The van der Waals surface area contributed by atoms with Gasteiger partial charge in [-0.2, -0.15) is 0 Å². The number of allylic oxidation sites excluding steroid dienone is 10. The van der Waals surface area contributed by atoms with Gasteiger partial charge in [0, 0.05) is 66.2 Å². The number of benzene rings is 3. The van der Waals surface area contributed by atoms with Gasteiger partial charge in [0.2, 0.25) is 0 Å². The first kappa shape index (κ1) is 27.7. The molecule has 0 saturated heterocycles. The number of nitrogens with zero attached hydrogens (tertiary/aromatic N) is 1. The van der Waals surface area contributed by atoms with Crippen molar-refractivity contribution in [2.75, 3.05) is 0 Å². The molecule has 0 saturated carbocycles. The molecule has 5 aromatic rings. The van der Waals surface area contributed by atoms with E-state index < -0.39 is 0 Å². The molecule has 11 rings (SSSR count). The van der Waals surface area contributed by atoms with Crippen LogP contribution in [0.5, 0.6) is 0 Å². The van der Waals surface area contributed by atoms with Gasteiger partial charge in [-0.25, -0.2) is 0 Å². The second-order valence-corrected chi connectivity index (χ2v) is 16.2. The number of thioether (sulfide) groups is 1. The molecule has 3 atom stereocenters. The average Bonchev–Trinajstić information content (AvgIpc) is 3.94. The Morgan fingerprint density at radius 3 is 2.65 bits per heavy atom. The minimum atomic E-state index is 0.311. The molecule has 3 aromatic carbocycles. The van der Waals surface area contributed by atoms with Crippen molar-refractivity contribution in [2.45, 2.75) is 55.1 Å². The number of thiophene rings is 1. The van der Waals surface area contributed by atoms with Gasteiger partial charge in [-0.1, -0.05) is 85.0 Å². The molecule has 2 aliphatic heterocycles. The lowest BCUT2D eigenvalue weighted by Gasteiger charge is -2.25. The van der Waals surface area contributed by atoms with Gasteiger partial charge in [-0.05, 0) is 78.7 Å². The van der Waals surface area contributed by atoms with Crippen LogP contribution in [0.4, 0.5) is 0 Å². The Balaban J connectivity index is 1.13. The lowest BCUT2D eigenvalue weighted by Crippen LogP contribution is -2.35.